The lowest BCUT2D eigenvalue weighted by Crippen LogP contribution is -2.42. The third-order valence-electron chi connectivity index (χ3n) is 3.43. The van der Waals surface area contributed by atoms with E-state index in [0.717, 1.165) is 17.9 Å². The van der Waals surface area contributed by atoms with Crippen molar-refractivity contribution in [3.63, 3.8) is 0 Å². The number of hydrogen-bond donors (Lipinski definition) is 3. The second-order valence-electron chi connectivity index (χ2n) is 7.05. The molecule has 0 saturated heterocycles. The molecule has 0 aliphatic rings. The van der Waals surface area contributed by atoms with Crippen LogP contribution in [0.5, 0.6) is 0 Å². The lowest BCUT2D eigenvalue weighted by molar-refractivity contribution is 0.0529. The van der Waals surface area contributed by atoms with Crippen molar-refractivity contribution in [2.75, 3.05) is 19.6 Å². The van der Waals surface area contributed by atoms with Crippen LogP contribution in [0.4, 0.5) is 4.79 Å². The summed E-state index contributed by atoms with van der Waals surface area (Å²) in [6, 6.07) is 3.91. The smallest absolute Gasteiger partial charge is 0.407 e. The third kappa shape index (κ3) is 9.59. The van der Waals surface area contributed by atoms with Gasteiger partial charge in [0.2, 0.25) is 0 Å². The van der Waals surface area contributed by atoms with Gasteiger partial charge >= 0.3 is 6.09 Å². The summed E-state index contributed by atoms with van der Waals surface area (Å²) < 4.78 is 7.04. The Kier molecular flexibility index (Phi) is 10.4. The largest absolute Gasteiger partial charge is 0.444 e. The van der Waals surface area contributed by atoms with Crippen LogP contribution in [-0.4, -0.2) is 51.8 Å². The van der Waals surface area contributed by atoms with Gasteiger partial charge in [-0.25, -0.2) is 19.8 Å². The maximum atomic E-state index is 11.6. The Bertz CT molecular complexity index is 756. The van der Waals surface area contributed by atoms with Gasteiger partial charge in [-0.2, -0.15) is 0 Å². The van der Waals surface area contributed by atoms with Gasteiger partial charge in [0.25, 0.3) is 0 Å². The van der Waals surface area contributed by atoms with Crippen LogP contribution in [0.15, 0.2) is 42.0 Å². The van der Waals surface area contributed by atoms with Crippen LogP contribution >= 0.6 is 24.0 Å². The van der Waals surface area contributed by atoms with Gasteiger partial charge in [0.1, 0.15) is 17.7 Å². The summed E-state index contributed by atoms with van der Waals surface area (Å²) in [6.07, 6.45) is 6.63. The molecule has 0 fully saturated rings. The third-order valence-corrected chi connectivity index (χ3v) is 3.43. The molecule has 0 bridgehead atoms. The number of nitrogens with one attached hydrogen (secondary N) is 3. The van der Waals surface area contributed by atoms with E-state index in [1.165, 1.54) is 0 Å². The van der Waals surface area contributed by atoms with E-state index in [1.54, 1.807) is 18.7 Å². The molecule has 2 aromatic heterocycles. The van der Waals surface area contributed by atoms with Crippen molar-refractivity contribution >= 4 is 36.0 Å². The quantitative estimate of drug-likeness (QED) is 0.227. The highest BCUT2D eigenvalue weighted by Crippen LogP contribution is 2.07. The van der Waals surface area contributed by atoms with Gasteiger partial charge in [0.15, 0.2) is 5.96 Å². The van der Waals surface area contributed by atoms with E-state index in [-0.39, 0.29) is 24.0 Å². The van der Waals surface area contributed by atoms with Crippen LogP contribution in [-0.2, 0) is 11.3 Å². The van der Waals surface area contributed by atoms with E-state index in [0.29, 0.717) is 25.6 Å². The standard InChI is InChI=1S/C19H29N7O2.HI/c1-5-21-17(22-8-9-23-18(27)28-19(2,3)4)25-13-15-6-7-16(24-12-15)26-11-10-20-14-26;/h6-7,10-12,14H,5,8-9,13H2,1-4H3,(H,23,27)(H2,21,22,25);1H. The molecule has 10 heteroatoms. The normalized spacial score (nSPS) is 11.4. The number of amides is 1. The Morgan fingerprint density at radius 2 is 1.97 bits per heavy atom. The van der Waals surface area contributed by atoms with Crippen LogP contribution in [0.1, 0.15) is 33.3 Å². The summed E-state index contributed by atoms with van der Waals surface area (Å²) in [7, 11) is 0. The molecular weight excluding hydrogens is 485 g/mol. The van der Waals surface area contributed by atoms with Gasteiger partial charge in [-0.3, -0.25) is 4.57 Å². The molecule has 0 unspecified atom stereocenters. The predicted molar refractivity (Wildman–Crippen MR) is 124 cm³/mol. The van der Waals surface area contributed by atoms with Crippen LogP contribution < -0.4 is 16.0 Å². The Hall–Kier alpha value is -2.37. The zero-order valence-electron chi connectivity index (χ0n) is 17.3. The number of pyridine rings is 1. The molecule has 2 rings (SSSR count). The molecule has 1 amide bonds. The summed E-state index contributed by atoms with van der Waals surface area (Å²) in [5, 5.41) is 9.06. The minimum absolute atomic E-state index is 0. The summed E-state index contributed by atoms with van der Waals surface area (Å²) >= 11 is 0. The maximum Gasteiger partial charge on any atom is 0.407 e. The first-order valence-electron chi connectivity index (χ1n) is 9.29. The number of aromatic nitrogens is 3. The topological polar surface area (TPSA) is 105 Å². The van der Waals surface area contributed by atoms with Gasteiger partial charge in [0.05, 0.1) is 6.54 Å². The molecular formula is C19H30IN7O2. The van der Waals surface area contributed by atoms with Crippen LogP contribution in [0.25, 0.3) is 5.82 Å². The highest BCUT2D eigenvalue weighted by Gasteiger charge is 2.15. The monoisotopic (exact) mass is 515 g/mol. The van der Waals surface area contributed by atoms with E-state index in [9.17, 15) is 4.79 Å². The summed E-state index contributed by atoms with van der Waals surface area (Å²) in [4.78, 5) is 24.6. The zero-order chi connectivity index (χ0) is 20.4. The Labute approximate surface area is 188 Å². The number of hydrogen-bond acceptors (Lipinski definition) is 5. The SMILES string of the molecule is CCNC(=NCc1ccc(-n2ccnc2)nc1)NCCNC(=O)OC(C)(C)C.I. The molecule has 2 heterocycles. The number of carbonyl (C=O) groups is 1. The maximum absolute atomic E-state index is 11.6. The molecule has 0 saturated carbocycles. The van der Waals surface area contributed by atoms with Crippen LogP contribution in [0.2, 0.25) is 0 Å². The molecule has 0 aliphatic heterocycles. The molecule has 0 aromatic carbocycles. The van der Waals surface area contributed by atoms with Gasteiger partial charge < -0.3 is 20.7 Å². The lowest BCUT2D eigenvalue weighted by Gasteiger charge is -2.19. The van der Waals surface area contributed by atoms with Crippen molar-refractivity contribution < 1.29 is 9.53 Å². The molecule has 0 aliphatic carbocycles. The minimum atomic E-state index is -0.505. The van der Waals surface area contributed by atoms with Crippen molar-refractivity contribution in [1.82, 2.24) is 30.5 Å². The van der Waals surface area contributed by atoms with Crippen molar-refractivity contribution in [3.8, 4) is 5.82 Å². The van der Waals surface area contributed by atoms with E-state index < -0.39 is 11.7 Å². The highest BCUT2D eigenvalue weighted by atomic mass is 127. The molecule has 2 aromatic rings. The first-order valence-corrected chi connectivity index (χ1v) is 9.29. The molecule has 29 heavy (non-hydrogen) atoms. The average Bonchev–Trinajstić information content (AvgIpc) is 3.17. The summed E-state index contributed by atoms with van der Waals surface area (Å²) in [5.41, 5.74) is 0.489. The van der Waals surface area contributed by atoms with Gasteiger partial charge in [-0.05, 0) is 39.3 Å². The number of nitrogens with zero attached hydrogens (tertiary/aromatic N) is 4. The zero-order valence-corrected chi connectivity index (χ0v) is 19.6. The van der Waals surface area contributed by atoms with Crippen molar-refractivity contribution in [3.05, 3.63) is 42.6 Å². The molecule has 0 atom stereocenters. The minimum Gasteiger partial charge on any atom is -0.444 e. The fourth-order valence-corrected chi connectivity index (χ4v) is 2.23. The number of carbonyl (C=O) groups excluding carboxylic acids is 1. The first-order chi connectivity index (χ1) is 13.4. The Balaban J connectivity index is 0.00000420. The van der Waals surface area contributed by atoms with E-state index in [4.69, 9.17) is 4.74 Å². The molecule has 9 nitrogen and oxygen atoms in total. The number of aliphatic imine (C=N–C) groups is 1. The van der Waals surface area contributed by atoms with E-state index in [1.807, 2.05) is 50.6 Å². The van der Waals surface area contributed by atoms with Gasteiger partial charge in [0, 0.05) is 38.2 Å². The van der Waals surface area contributed by atoms with E-state index in [2.05, 4.69) is 30.9 Å². The molecule has 160 valence electrons. The number of guanidine groups is 1. The van der Waals surface area contributed by atoms with Gasteiger partial charge in [-0.1, -0.05) is 6.07 Å². The van der Waals surface area contributed by atoms with Gasteiger partial charge in [-0.15, -0.1) is 24.0 Å². The summed E-state index contributed by atoms with van der Waals surface area (Å²) in [6.45, 7) is 9.68. The van der Waals surface area contributed by atoms with Crippen molar-refractivity contribution in [2.45, 2.75) is 39.8 Å². The first kappa shape index (κ1) is 24.7. The number of ether oxygens (including phenoxy) is 1. The Morgan fingerprint density at radius 3 is 2.55 bits per heavy atom. The van der Waals surface area contributed by atoms with Crippen LogP contribution in [0.3, 0.4) is 0 Å². The van der Waals surface area contributed by atoms with Crippen LogP contribution in [0, 0.1) is 0 Å². The van der Waals surface area contributed by atoms with Crippen molar-refractivity contribution in [1.29, 1.82) is 0 Å². The molecule has 0 radical (unpaired) electrons. The second kappa shape index (κ2) is 12.2. The lowest BCUT2D eigenvalue weighted by atomic mass is 10.2. The number of halogens is 1. The predicted octanol–water partition coefficient (Wildman–Crippen LogP) is 2.47. The average molecular weight is 515 g/mol. The fraction of sp³-hybridized carbons (Fsp3) is 0.474. The molecule has 3 N–H and O–H groups in total. The summed E-state index contributed by atoms with van der Waals surface area (Å²) in [5.74, 6) is 1.48. The van der Waals surface area contributed by atoms with E-state index >= 15 is 0 Å². The fourth-order valence-electron chi connectivity index (χ4n) is 2.23. The Morgan fingerprint density at radius 1 is 1.21 bits per heavy atom. The number of imidazole rings is 1. The second-order valence-corrected chi connectivity index (χ2v) is 7.05. The van der Waals surface area contributed by atoms with Crippen molar-refractivity contribution in [2.24, 2.45) is 4.99 Å². The number of alkyl carbamates (subject to hydrolysis) is 1. The highest BCUT2D eigenvalue weighted by molar-refractivity contribution is 14.0. The number of rotatable bonds is 7. The molecule has 0 spiro atoms.